The van der Waals surface area contributed by atoms with Crippen LogP contribution in [0.5, 0.6) is 0 Å². The lowest BCUT2D eigenvalue weighted by Gasteiger charge is -2.17. The summed E-state index contributed by atoms with van der Waals surface area (Å²) in [5.74, 6) is 0.667. The van der Waals surface area contributed by atoms with Crippen LogP contribution in [0.2, 0.25) is 0 Å². The van der Waals surface area contributed by atoms with E-state index in [2.05, 4.69) is 15.3 Å². The molecule has 8 heteroatoms. The predicted octanol–water partition coefficient (Wildman–Crippen LogP) is -0.916. The molecular formula is C12H16N4O4. The number of fused-ring (bicyclic) bond motifs is 1. The number of aliphatic hydroxyl groups is 3. The first-order chi connectivity index (χ1) is 9.67. The monoisotopic (exact) mass is 280 g/mol. The maximum absolute atomic E-state index is 10.1. The Kier molecular flexibility index (Phi) is 3.30. The Morgan fingerprint density at radius 2 is 2.15 bits per heavy atom. The van der Waals surface area contributed by atoms with E-state index in [4.69, 9.17) is 9.84 Å². The van der Waals surface area contributed by atoms with Crippen molar-refractivity contribution in [3.8, 4) is 0 Å². The van der Waals surface area contributed by atoms with Gasteiger partial charge in [-0.15, -0.1) is 0 Å². The van der Waals surface area contributed by atoms with Gasteiger partial charge in [-0.2, -0.15) is 0 Å². The quantitative estimate of drug-likeness (QED) is 0.575. The van der Waals surface area contributed by atoms with Crippen molar-refractivity contribution in [2.75, 3.05) is 19.0 Å². The summed E-state index contributed by atoms with van der Waals surface area (Å²) < 4.78 is 7.12. The van der Waals surface area contributed by atoms with Gasteiger partial charge in [-0.25, -0.2) is 9.97 Å². The molecule has 2 aromatic heterocycles. The summed E-state index contributed by atoms with van der Waals surface area (Å²) in [7, 11) is 1.76. The fraction of sp³-hybridized carbons (Fsp3) is 0.500. The van der Waals surface area contributed by atoms with Crippen LogP contribution in [-0.4, -0.2) is 61.8 Å². The fourth-order valence-corrected chi connectivity index (χ4v) is 2.49. The van der Waals surface area contributed by atoms with E-state index in [-0.39, 0.29) is 6.61 Å². The average Bonchev–Trinajstić information content (AvgIpc) is 3.01. The Bertz CT molecular complexity index is 617. The SMILES string of the molecule is CNc1ncnc2c1ccn2[C@@H]1O[C@@H](CO)[C@@H](O)[C@@H]1O. The average molecular weight is 280 g/mol. The zero-order valence-electron chi connectivity index (χ0n) is 10.8. The summed E-state index contributed by atoms with van der Waals surface area (Å²) in [6, 6.07) is 1.80. The van der Waals surface area contributed by atoms with Crippen LogP contribution in [0.3, 0.4) is 0 Å². The van der Waals surface area contributed by atoms with Crippen LogP contribution in [0.4, 0.5) is 5.82 Å². The molecule has 4 N–H and O–H groups in total. The molecule has 0 saturated carbocycles. The molecular weight excluding hydrogens is 264 g/mol. The van der Waals surface area contributed by atoms with E-state index >= 15 is 0 Å². The van der Waals surface area contributed by atoms with Gasteiger partial charge in [-0.05, 0) is 6.07 Å². The largest absolute Gasteiger partial charge is 0.394 e. The number of anilines is 1. The molecule has 3 heterocycles. The number of hydrogen-bond acceptors (Lipinski definition) is 7. The fourth-order valence-electron chi connectivity index (χ4n) is 2.49. The summed E-state index contributed by atoms with van der Waals surface area (Å²) in [6.45, 7) is -0.356. The smallest absolute Gasteiger partial charge is 0.164 e. The Morgan fingerprint density at radius 3 is 2.80 bits per heavy atom. The molecule has 0 amide bonds. The minimum Gasteiger partial charge on any atom is -0.394 e. The molecule has 0 unspecified atom stereocenters. The molecule has 2 aromatic rings. The molecule has 3 rings (SSSR count). The zero-order chi connectivity index (χ0) is 14.3. The highest BCUT2D eigenvalue weighted by molar-refractivity contribution is 5.87. The summed E-state index contributed by atoms with van der Waals surface area (Å²) in [5.41, 5.74) is 0.583. The van der Waals surface area contributed by atoms with Gasteiger partial charge in [0.25, 0.3) is 0 Å². The van der Waals surface area contributed by atoms with Crippen LogP contribution in [0.15, 0.2) is 18.6 Å². The Hall–Kier alpha value is -1.74. The van der Waals surface area contributed by atoms with Gasteiger partial charge < -0.3 is 29.9 Å². The van der Waals surface area contributed by atoms with Crippen molar-refractivity contribution in [1.82, 2.24) is 14.5 Å². The van der Waals surface area contributed by atoms with E-state index in [1.54, 1.807) is 23.9 Å². The van der Waals surface area contributed by atoms with Crippen LogP contribution < -0.4 is 5.32 Å². The molecule has 0 aromatic carbocycles. The van der Waals surface area contributed by atoms with Crippen molar-refractivity contribution >= 4 is 16.9 Å². The molecule has 108 valence electrons. The first-order valence-electron chi connectivity index (χ1n) is 6.29. The lowest BCUT2D eigenvalue weighted by molar-refractivity contribution is -0.0508. The van der Waals surface area contributed by atoms with Gasteiger partial charge in [0.05, 0.1) is 12.0 Å². The maximum atomic E-state index is 10.1. The van der Waals surface area contributed by atoms with E-state index in [0.717, 1.165) is 5.39 Å². The summed E-state index contributed by atoms with van der Waals surface area (Å²) >= 11 is 0. The molecule has 0 spiro atoms. The normalized spacial score (nSPS) is 30.0. The maximum Gasteiger partial charge on any atom is 0.164 e. The van der Waals surface area contributed by atoms with Gasteiger partial charge >= 0.3 is 0 Å². The van der Waals surface area contributed by atoms with Crippen molar-refractivity contribution in [3.63, 3.8) is 0 Å². The summed E-state index contributed by atoms with van der Waals surface area (Å²) in [4.78, 5) is 8.28. The third kappa shape index (κ3) is 1.85. The van der Waals surface area contributed by atoms with Crippen molar-refractivity contribution in [3.05, 3.63) is 18.6 Å². The van der Waals surface area contributed by atoms with Gasteiger partial charge in [0.2, 0.25) is 0 Å². The molecule has 0 bridgehead atoms. The minimum absolute atomic E-state index is 0.356. The molecule has 20 heavy (non-hydrogen) atoms. The lowest BCUT2D eigenvalue weighted by Crippen LogP contribution is -2.33. The van der Waals surface area contributed by atoms with Crippen molar-refractivity contribution in [1.29, 1.82) is 0 Å². The lowest BCUT2D eigenvalue weighted by atomic mass is 10.1. The van der Waals surface area contributed by atoms with E-state index in [1.165, 1.54) is 6.33 Å². The van der Waals surface area contributed by atoms with Crippen molar-refractivity contribution in [2.45, 2.75) is 24.5 Å². The molecule has 4 atom stereocenters. The first kappa shape index (κ1) is 13.3. The Labute approximate surface area is 114 Å². The van der Waals surface area contributed by atoms with E-state index < -0.39 is 24.5 Å². The molecule has 1 aliphatic heterocycles. The number of rotatable bonds is 3. The van der Waals surface area contributed by atoms with Gasteiger partial charge in [0.15, 0.2) is 6.23 Å². The minimum atomic E-state index is -1.13. The van der Waals surface area contributed by atoms with Crippen molar-refractivity contribution < 1.29 is 20.1 Å². The number of hydrogen-bond donors (Lipinski definition) is 4. The van der Waals surface area contributed by atoms with Crippen LogP contribution in [-0.2, 0) is 4.74 Å². The van der Waals surface area contributed by atoms with Gasteiger partial charge in [0, 0.05) is 13.2 Å². The standard InChI is InChI=1S/C12H16N4O4/c1-13-10-6-2-3-16(11(6)15-5-14-10)12-9(19)8(18)7(4-17)20-12/h2-3,5,7-9,12,17-19H,4H2,1H3,(H,13,14,15)/t7-,8+,9-,12+/m0/s1. The van der Waals surface area contributed by atoms with E-state index in [1.807, 2.05) is 0 Å². The number of nitrogens with one attached hydrogen (secondary N) is 1. The Morgan fingerprint density at radius 1 is 1.35 bits per heavy atom. The first-order valence-corrected chi connectivity index (χ1v) is 6.29. The predicted molar refractivity (Wildman–Crippen MR) is 70.1 cm³/mol. The highest BCUT2D eigenvalue weighted by Crippen LogP contribution is 2.32. The van der Waals surface area contributed by atoms with Crippen LogP contribution in [0, 0.1) is 0 Å². The highest BCUT2D eigenvalue weighted by atomic mass is 16.6. The number of nitrogens with zero attached hydrogens (tertiary/aromatic N) is 3. The molecule has 0 aliphatic carbocycles. The molecule has 1 fully saturated rings. The second kappa shape index (κ2) is 4.98. The number of ether oxygens (including phenoxy) is 1. The zero-order valence-corrected chi connectivity index (χ0v) is 10.8. The number of aliphatic hydroxyl groups excluding tert-OH is 3. The van der Waals surface area contributed by atoms with E-state index in [0.29, 0.717) is 11.5 Å². The Balaban J connectivity index is 2.03. The van der Waals surface area contributed by atoms with Gasteiger partial charge in [0.1, 0.15) is 36.1 Å². The summed E-state index contributed by atoms with van der Waals surface area (Å²) in [6.07, 6.45) is -0.743. The van der Waals surface area contributed by atoms with E-state index in [9.17, 15) is 10.2 Å². The van der Waals surface area contributed by atoms with Crippen LogP contribution in [0.1, 0.15) is 6.23 Å². The molecule has 8 nitrogen and oxygen atoms in total. The van der Waals surface area contributed by atoms with Crippen LogP contribution in [0.25, 0.3) is 11.0 Å². The topological polar surface area (TPSA) is 113 Å². The molecule has 0 radical (unpaired) electrons. The third-order valence-corrected chi connectivity index (χ3v) is 3.54. The third-order valence-electron chi connectivity index (χ3n) is 3.54. The summed E-state index contributed by atoms with van der Waals surface area (Å²) in [5, 5.41) is 32.7. The number of aromatic nitrogens is 3. The molecule has 1 saturated heterocycles. The van der Waals surface area contributed by atoms with Crippen LogP contribution >= 0.6 is 0 Å². The second-order valence-electron chi connectivity index (χ2n) is 4.66. The second-order valence-corrected chi connectivity index (χ2v) is 4.66. The van der Waals surface area contributed by atoms with Gasteiger partial charge in [-0.3, -0.25) is 0 Å². The molecule has 1 aliphatic rings. The van der Waals surface area contributed by atoms with Crippen molar-refractivity contribution in [2.24, 2.45) is 0 Å². The highest BCUT2D eigenvalue weighted by Gasteiger charge is 2.43. The van der Waals surface area contributed by atoms with Gasteiger partial charge in [-0.1, -0.05) is 0 Å².